The Morgan fingerprint density at radius 1 is 1.29 bits per heavy atom. The summed E-state index contributed by atoms with van der Waals surface area (Å²) in [5, 5.41) is 3.20. The maximum absolute atomic E-state index is 12.8. The summed E-state index contributed by atoms with van der Waals surface area (Å²) in [5.41, 5.74) is 6.65. The van der Waals surface area contributed by atoms with Crippen LogP contribution in [0.2, 0.25) is 0 Å². The Morgan fingerprint density at radius 3 is 2.68 bits per heavy atom. The molecular weight excluding hydrogens is 444 g/mol. The van der Waals surface area contributed by atoms with Gasteiger partial charge in [0.2, 0.25) is 0 Å². The number of pyridine rings is 1. The van der Waals surface area contributed by atoms with E-state index in [1.807, 2.05) is 0 Å². The summed E-state index contributed by atoms with van der Waals surface area (Å²) < 4.78 is 6.29. The fraction of sp³-hybridized carbons (Fsp3) is 0. The minimum absolute atomic E-state index is 0.133. The minimum atomic E-state index is -0.560. The van der Waals surface area contributed by atoms with Gasteiger partial charge in [0.1, 0.15) is 15.5 Å². The number of aromatic amines is 1. The van der Waals surface area contributed by atoms with Crippen LogP contribution in [0.25, 0.3) is 26.4 Å². The van der Waals surface area contributed by atoms with Crippen LogP contribution in [0.15, 0.2) is 56.3 Å². The molecule has 3 aromatic heterocycles. The molecule has 0 fully saturated rings. The molecule has 0 unspecified atom stereocenters. The molecule has 138 valence electrons. The van der Waals surface area contributed by atoms with Gasteiger partial charge in [0, 0.05) is 21.1 Å². The standard InChI is InChI=1S/C19H11BrN4O3S/c1-22-15-12(11-3-2-8-27-11)13-14(21)16(28-19(13)24-17(15)25)18(26)23-10-6-4-9(20)5-7-10/h2-8H,21H2,(H,23,26)(H,24,25). The number of nitrogen functional groups attached to an aromatic ring is 1. The predicted octanol–water partition coefficient (Wildman–Crippen LogP) is 5.00. The summed E-state index contributed by atoms with van der Waals surface area (Å²) in [4.78, 5) is 31.7. The SMILES string of the molecule is [C-]#[N+]c1c(-c2ccco2)c2c(N)c(C(=O)Nc3ccc(Br)cc3)sc2[nH]c1=O. The Kier molecular flexibility index (Phi) is 4.50. The summed E-state index contributed by atoms with van der Waals surface area (Å²) in [6, 6.07) is 10.4. The highest BCUT2D eigenvalue weighted by atomic mass is 79.9. The smallest absolute Gasteiger partial charge is 0.267 e. The number of thiophene rings is 1. The molecule has 4 aromatic rings. The average Bonchev–Trinajstić information content (AvgIpc) is 3.31. The highest BCUT2D eigenvalue weighted by Crippen LogP contribution is 2.42. The van der Waals surface area contributed by atoms with Crippen LogP contribution >= 0.6 is 27.3 Å². The van der Waals surface area contributed by atoms with Gasteiger partial charge in [0.05, 0.1) is 18.5 Å². The molecule has 7 nitrogen and oxygen atoms in total. The quantitative estimate of drug-likeness (QED) is 0.378. The van der Waals surface area contributed by atoms with E-state index >= 15 is 0 Å². The van der Waals surface area contributed by atoms with Gasteiger partial charge in [-0.1, -0.05) is 15.9 Å². The number of aromatic nitrogens is 1. The molecule has 4 N–H and O–H groups in total. The normalized spacial score (nSPS) is 10.7. The summed E-state index contributed by atoms with van der Waals surface area (Å²) in [6.45, 7) is 7.37. The maximum atomic E-state index is 12.8. The summed E-state index contributed by atoms with van der Waals surface area (Å²) in [6.07, 6.45) is 1.44. The van der Waals surface area contributed by atoms with Gasteiger partial charge in [-0.15, -0.1) is 11.3 Å². The second-order valence-corrected chi connectivity index (χ2v) is 7.71. The molecule has 4 rings (SSSR count). The van der Waals surface area contributed by atoms with Gasteiger partial charge in [0.25, 0.3) is 17.2 Å². The maximum Gasteiger partial charge on any atom is 0.267 e. The van der Waals surface area contributed by atoms with E-state index in [-0.39, 0.29) is 21.8 Å². The van der Waals surface area contributed by atoms with Gasteiger partial charge < -0.3 is 20.5 Å². The molecular formula is C19H11BrN4O3S. The van der Waals surface area contributed by atoms with Crippen molar-refractivity contribution in [3.63, 3.8) is 0 Å². The van der Waals surface area contributed by atoms with E-state index in [1.165, 1.54) is 6.26 Å². The van der Waals surface area contributed by atoms with Crippen molar-refractivity contribution >= 4 is 60.5 Å². The third-order valence-corrected chi connectivity index (χ3v) is 5.71. The van der Waals surface area contributed by atoms with Crippen molar-refractivity contribution in [1.82, 2.24) is 4.98 Å². The molecule has 1 aromatic carbocycles. The van der Waals surface area contributed by atoms with Crippen molar-refractivity contribution in [2.75, 3.05) is 11.1 Å². The highest BCUT2D eigenvalue weighted by Gasteiger charge is 2.24. The number of amides is 1. The lowest BCUT2D eigenvalue weighted by Gasteiger charge is -2.05. The van der Waals surface area contributed by atoms with Crippen LogP contribution < -0.4 is 16.6 Å². The molecule has 1 amide bonds. The number of benzene rings is 1. The minimum Gasteiger partial charge on any atom is -0.466 e. The Morgan fingerprint density at radius 2 is 2.04 bits per heavy atom. The van der Waals surface area contributed by atoms with Gasteiger partial charge in [-0.05, 0) is 36.4 Å². The Hall–Kier alpha value is -3.35. The van der Waals surface area contributed by atoms with Crippen molar-refractivity contribution in [2.45, 2.75) is 0 Å². The number of nitrogens with two attached hydrogens (primary N) is 1. The fourth-order valence-electron chi connectivity index (χ4n) is 2.83. The number of halogens is 1. The number of hydrogen-bond donors (Lipinski definition) is 3. The molecule has 0 aliphatic rings. The first-order valence-corrected chi connectivity index (χ1v) is 9.57. The van der Waals surface area contributed by atoms with E-state index in [0.29, 0.717) is 21.7 Å². The summed E-state index contributed by atoms with van der Waals surface area (Å²) in [7, 11) is 0. The first-order chi connectivity index (χ1) is 13.5. The van der Waals surface area contributed by atoms with Gasteiger partial charge in [-0.25, -0.2) is 4.85 Å². The molecule has 28 heavy (non-hydrogen) atoms. The van der Waals surface area contributed by atoms with Crippen molar-refractivity contribution in [2.24, 2.45) is 0 Å². The number of H-pyrrole nitrogens is 1. The monoisotopic (exact) mass is 454 g/mol. The van der Waals surface area contributed by atoms with Crippen LogP contribution in [0.1, 0.15) is 9.67 Å². The number of carbonyl (C=O) groups is 1. The zero-order chi connectivity index (χ0) is 19.8. The molecule has 0 atom stereocenters. The van der Waals surface area contributed by atoms with Crippen LogP contribution in [-0.2, 0) is 0 Å². The zero-order valence-corrected chi connectivity index (χ0v) is 16.5. The second kappa shape index (κ2) is 6.99. The second-order valence-electron chi connectivity index (χ2n) is 5.78. The molecule has 0 saturated heterocycles. The number of nitrogens with zero attached hydrogens (tertiary/aromatic N) is 1. The predicted molar refractivity (Wildman–Crippen MR) is 113 cm³/mol. The number of fused-ring (bicyclic) bond motifs is 1. The van der Waals surface area contributed by atoms with Gasteiger partial charge in [-0.3, -0.25) is 9.59 Å². The molecule has 0 aliphatic heterocycles. The van der Waals surface area contributed by atoms with Crippen LogP contribution in [0, 0.1) is 6.57 Å². The van der Waals surface area contributed by atoms with Gasteiger partial charge in [-0.2, -0.15) is 0 Å². The van der Waals surface area contributed by atoms with E-state index in [2.05, 4.69) is 31.1 Å². The molecule has 3 heterocycles. The van der Waals surface area contributed by atoms with Crippen LogP contribution in [0.4, 0.5) is 17.1 Å². The third kappa shape index (κ3) is 2.98. The Labute approximate surface area is 170 Å². The largest absolute Gasteiger partial charge is 0.466 e. The third-order valence-electron chi connectivity index (χ3n) is 4.06. The zero-order valence-electron chi connectivity index (χ0n) is 14.1. The topological polar surface area (TPSA) is 105 Å². The Balaban J connectivity index is 1.88. The molecule has 0 saturated carbocycles. The highest BCUT2D eigenvalue weighted by molar-refractivity contribution is 9.10. The molecule has 0 aliphatic carbocycles. The number of nitrogens with one attached hydrogen (secondary N) is 2. The van der Waals surface area contributed by atoms with E-state index < -0.39 is 11.5 Å². The molecule has 0 spiro atoms. The van der Waals surface area contributed by atoms with Crippen molar-refractivity contribution < 1.29 is 9.21 Å². The van der Waals surface area contributed by atoms with Crippen molar-refractivity contribution in [3.8, 4) is 11.3 Å². The number of furan rings is 1. The van der Waals surface area contributed by atoms with Crippen LogP contribution in [0.3, 0.4) is 0 Å². The Bertz CT molecular complexity index is 1300. The van der Waals surface area contributed by atoms with Crippen LogP contribution in [-0.4, -0.2) is 10.9 Å². The van der Waals surface area contributed by atoms with E-state index in [9.17, 15) is 9.59 Å². The number of rotatable bonds is 3. The van der Waals surface area contributed by atoms with E-state index in [0.717, 1.165) is 15.8 Å². The first kappa shape index (κ1) is 18.0. The van der Waals surface area contributed by atoms with Crippen molar-refractivity contribution in [1.29, 1.82) is 0 Å². The van der Waals surface area contributed by atoms with E-state index in [1.54, 1.807) is 36.4 Å². The molecule has 0 radical (unpaired) electrons. The molecule has 9 heteroatoms. The van der Waals surface area contributed by atoms with Crippen LogP contribution in [0.5, 0.6) is 0 Å². The average molecular weight is 455 g/mol. The van der Waals surface area contributed by atoms with Gasteiger partial charge >= 0.3 is 0 Å². The number of anilines is 2. The lowest BCUT2D eigenvalue weighted by Crippen LogP contribution is -2.11. The van der Waals surface area contributed by atoms with Crippen molar-refractivity contribution in [3.05, 3.63) is 73.8 Å². The van der Waals surface area contributed by atoms with E-state index in [4.69, 9.17) is 16.7 Å². The lowest BCUT2D eigenvalue weighted by molar-refractivity contribution is 0.103. The summed E-state index contributed by atoms with van der Waals surface area (Å²) >= 11 is 4.39. The fourth-order valence-corrected chi connectivity index (χ4v) is 4.11. The molecule has 0 bridgehead atoms. The number of carbonyl (C=O) groups excluding carboxylic acids is 1. The first-order valence-electron chi connectivity index (χ1n) is 7.96. The lowest BCUT2D eigenvalue weighted by atomic mass is 10.1. The van der Waals surface area contributed by atoms with Gasteiger partial charge in [0.15, 0.2) is 0 Å². The summed E-state index contributed by atoms with van der Waals surface area (Å²) in [5.74, 6) is -0.0666. The number of hydrogen-bond acceptors (Lipinski definition) is 5.